The molecule has 0 radical (unpaired) electrons. The van der Waals surface area contributed by atoms with E-state index in [0.717, 1.165) is 18.8 Å². The highest BCUT2D eigenvalue weighted by Crippen LogP contribution is 2.28. The average molecular weight is 433 g/mol. The summed E-state index contributed by atoms with van der Waals surface area (Å²) in [5.41, 5.74) is 0.958. The third-order valence-corrected chi connectivity index (χ3v) is 5.00. The highest BCUT2D eigenvalue weighted by Gasteiger charge is 2.21. The van der Waals surface area contributed by atoms with Gasteiger partial charge >= 0.3 is 12.0 Å². The van der Waals surface area contributed by atoms with Gasteiger partial charge in [-0.25, -0.2) is 14.6 Å². The van der Waals surface area contributed by atoms with E-state index in [1.807, 2.05) is 0 Å². The fraction of sp³-hybridized carbons (Fsp3) is 0.381. The second-order valence-electron chi connectivity index (χ2n) is 6.73. The zero-order valence-corrected chi connectivity index (χ0v) is 17.8. The highest BCUT2D eigenvalue weighted by molar-refractivity contribution is 6.31. The topological polar surface area (TPSA) is 84.0 Å². The molecule has 0 aliphatic carbocycles. The van der Waals surface area contributed by atoms with E-state index in [0.29, 0.717) is 48.3 Å². The number of amides is 2. The third kappa shape index (κ3) is 5.33. The first kappa shape index (κ1) is 21.7. The lowest BCUT2D eigenvalue weighted by Gasteiger charge is -2.23. The second kappa shape index (κ2) is 10.2. The Morgan fingerprint density at radius 1 is 1.17 bits per heavy atom. The number of halogens is 1. The molecule has 0 bridgehead atoms. The van der Waals surface area contributed by atoms with Gasteiger partial charge in [0.25, 0.3) is 0 Å². The summed E-state index contributed by atoms with van der Waals surface area (Å²) in [5, 5.41) is 3.40. The second-order valence-corrected chi connectivity index (χ2v) is 7.16. The van der Waals surface area contributed by atoms with Gasteiger partial charge in [0.1, 0.15) is 11.6 Å². The lowest BCUT2D eigenvalue weighted by molar-refractivity contribution is 0.0526. The molecular weight excluding hydrogens is 408 g/mol. The molecule has 1 fully saturated rings. The SMILES string of the molecule is CCOC(=O)c1ccc(N2CCCN(C(=O)Nc3cc(Cl)ccc3OC)CC2)nc1. The maximum absolute atomic E-state index is 12.8. The smallest absolute Gasteiger partial charge is 0.339 e. The number of anilines is 2. The van der Waals surface area contributed by atoms with E-state index >= 15 is 0 Å². The Balaban J connectivity index is 1.61. The third-order valence-electron chi connectivity index (χ3n) is 4.77. The molecule has 0 spiro atoms. The van der Waals surface area contributed by atoms with Gasteiger partial charge in [-0.05, 0) is 43.7 Å². The van der Waals surface area contributed by atoms with E-state index in [-0.39, 0.29) is 12.0 Å². The van der Waals surface area contributed by atoms with E-state index in [1.165, 1.54) is 6.20 Å². The summed E-state index contributed by atoms with van der Waals surface area (Å²) in [6.07, 6.45) is 2.32. The number of aromatic nitrogens is 1. The normalized spacial score (nSPS) is 14.1. The number of ether oxygens (including phenoxy) is 2. The number of methoxy groups -OCH3 is 1. The van der Waals surface area contributed by atoms with Gasteiger partial charge in [0.2, 0.25) is 0 Å². The van der Waals surface area contributed by atoms with Gasteiger partial charge in [0.05, 0.1) is 25.0 Å². The van der Waals surface area contributed by atoms with Crippen molar-refractivity contribution in [3.8, 4) is 5.75 Å². The van der Waals surface area contributed by atoms with Gasteiger partial charge in [-0.3, -0.25) is 0 Å². The van der Waals surface area contributed by atoms with Crippen LogP contribution in [-0.2, 0) is 4.74 Å². The van der Waals surface area contributed by atoms with Crippen LogP contribution in [0.4, 0.5) is 16.3 Å². The first-order chi connectivity index (χ1) is 14.5. The monoisotopic (exact) mass is 432 g/mol. The number of hydrogen-bond donors (Lipinski definition) is 1. The van der Waals surface area contributed by atoms with Gasteiger partial charge in [0, 0.05) is 37.4 Å². The van der Waals surface area contributed by atoms with Gasteiger partial charge in [0.15, 0.2) is 0 Å². The van der Waals surface area contributed by atoms with Crippen LogP contribution in [-0.4, -0.2) is 61.8 Å². The van der Waals surface area contributed by atoms with Crippen LogP contribution in [0.5, 0.6) is 5.75 Å². The fourth-order valence-corrected chi connectivity index (χ4v) is 3.40. The van der Waals surface area contributed by atoms with Crippen molar-refractivity contribution in [1.82, 2.24) is 9.88 Å². The van der Waals surface area contributed by atoms with Crippen molar-refractivity contribution >= 4 is 35.1 Å². The summed E-state index contributed by atoms with van der Waals surface area (Å²) in [7, 11) is 1.54. The van der Waals surface area contributed by atoms with E-state index in [9.17, 15) is 9.59 Å². The lowest BCUT2D eigenvalue weighted by Crippen LogP contribution is -2.38. The maximum Gasteiger partial charge on any atom is 0.339 e. The molecular formula is C21H25ClN4O4. The molecule has 1 aliphatic rings. The van der Waals surface area contributed by atoms with Gasteiger partial charge in [-0.15, -0.1) is 0 Å². The lowest BCUT2D eigenvalue weighted by atomic mass is 10.2. The van der Waals surface area contributed by atoms with Crippen molar-refractivity contribution in [3.63, 3.8) is 0 Å². The average Bonchev–Trinajstić information content (AvgIpc) is 3.01. The summed E-state index contributed by atoms with van der Waals surface area (Å²) < 4.78 is 10.3. The van der Waals surface area contributed by atoms with Gasteiger partial charge < -0.3 is 24.6 Å². The number of esters is 1. The van der Waals surface area contributed by atoms with Gasteiger partial charge in [-0.1, -0.05) is 11.6 Å². The minimum Gasteiger partial charge on any atom is -0.495 e. The summed E-state index contributed by atoms with van der Waals surface area (Å²) >= 11 is 6.04. The summed E-state index contributed by atoms with van der Waals surface area (Å²) in [6, 6.07) is 8.40. The number of carbonyl (C=O) groups excluding carboxylic acids is 2. The van der Waals surface area contributed by atoms with Crippen molar-refractivity contribution in [1.29, 1.82) is 0 Å². The largest absolute Gasteiger partial charge is 0.495 e. The Kier molecular flexibility index (Phi) is 7.35. The number of rotatable bonds is 5. The van der Waals surface area contributed by atoms with E-state index < -0.39 is 0 Å². The first-order valence-electron chi connectivity index (χ1n) is 9.79. The maximum atomic E-state index is 12.8. The molecule has 160 valence electrons. The number of nitrogens with zero attached hydrogens (tertiary/aromatic N) is 3. The van der Waals surface area contributed by atoms with Crippen LogP contribution in [0.2, 0.25) is 5.02 Å². The summed E-state index contributed by atoms with van der Waals surface area (Å²) in [4.78, 5) is 32.8. The van der Waals surface area contributed by atoms with Crippen molar-refractivity contribution in [2.45, 2.75) is 13.3 Å². The van der Waals surface area contributed by atoms with Crippen LogP contribution < -0.4 is 15.0 Å². The van der Waals surface area contributed by atoms with Crippen LogP contribution >= 0.6 is 11.6 Å². The molecule has 2 heterocycles. The molecule has 9 heteroatoms. The first-order valence-corrected chi connectivity index (χ1v) is 10.2. The molecule has 0 atom stereocenters. The van der Waals surface area contributed by atoms with Crippen LogP contribution in [0.1, 0.15) is 23.7 Å². The molecule has 0 unspecified atom stereocenters. The van der Waals surface area contributed by atoms with Crippen molar-refractivity contribution < 1.29 is 19.1 Å². The summed E-state index contributed by atoms with van der Waals surface area (Å²) in [6.45, 7) is 4.64. The Hall–Kier alpha value is -3.00. The predicted molar refractivity (Wildman–Crippen MR) is 116 cm³/mol. The highest BCUT2D eigenvalue weighted by atomic mass is 35.5. The zero-order chi connectivity index (χ0) is 21.5. The van der Waals surface area contributed by atoms with Crippen LogP contribution in [0, 0.1) is 0 Å². The number of hydrogen-bond acceptors (Lipinski definition) is 6. The zero-order valence-electron chi connectivity index (χ0n) is 17.1. The Morgan fingerprint density at radius 3 is 2.70 bits per heavy atom. The Morgan fingerprint density at radius 2 is 2.00 bits per heavy atom. The molecule has 2 amide bonds. The molecule has 8 nitrogen and oxygen atoms in total. The molecule has 1 saturated heterocycles. The van der Waals surface area contributed by atoms with Crippen molar-refractivity contribution in [2.75, 3.05) is 50.1 Å². The molecule has 30 heavy (non-hydrogen) atoms. The van der Waals surface area contributed by atoms with E-state index in [2.05, 4.69) is 15.2 Å². The predicted octanol–water partition coefficient (Wildman–Crippen LogP) is 3.66. The minimum absolute atomic E-state index is 0.206. The fourth-order valence-electron chi connectivity index (χ4n) is 3.23. The summed E-state index contributed by atoms with van der Waals surface area (Å²) in [5.74, 6) is 0.934. The number of urea groups is 1. The van der Waals surface area contributed by atoms with Crippen molar-refractivity contribution in [3.05, 3.63) is 47.1 Å². The molecule has 1 N–H and O–H groups in total. The minimum atomic E-state index is -0.383. The van der Waals surface area contributed by atoms with Gasteiger partial charge in [-0.2, -0.15) is 0 Å². The molecule has 3 rings (SSSR count). The van der Waals surface area contributed by atoms with Crippen LogP contribution in [0.25, 0.3) is 0 Å². The molecule has 2 aromatic rings. The Bertz CT molecular complexity index is 891. The quantitative estimate of drug-likeness (QED) is 0.726. The molecule has 1 aromatic heterocycles. The Labute approximate surface area is 180 Å². The number of pyridine rings is 1. The van der Waals surface area contributed by atoms with Crippen LogP contribution in [0.15, 0.2) is 36.5 Å². The molecule has 1 aromatic carbocycles. The molecule has 0 saturated carbocycles. The number of carbonyl (C=O) groups is 2. The number of nitrogens with one attached hydrogen (secondary N) is 1. The van der Waals surface area contributed by atoms with Crippen LogP contribution in [0.3, 0.4) is 0 Å². The van der Waals surface area contributed by atoms with E-state index in [4.69, 9.17) is 21.1 Å². The van der Waals surface area contributed by atoms with Crippen molar-refractivity contribution in [2.24, 2.45) is 0 Å². The molecule has 1 aliphatic heterocycles. The number of benzene rings is 1. The van der Waals surface area contributed by atoms with E-state index in [1.54, 1.807) is 49.3 Å². The standard InChI is InChI=1S/C21H25ClN4O4/c1-3-30-20(27)15-5-8-19(23-14-15)25-9-4-10-26(12-11-25)21(28)24-17-13-16(22)6-7-18(17)29-2/h5-8,13-14H,3-4,9-12H2,1-2H3,(H,24,28).